The minimum absolute atomic E-state index is 0.370. The maximum Gasteiger partial charge on any atom is 0.120 e. The van der Waals surface area contributed by atoms with Gasteiger partial charge < -0.3 is 9.73 Å². The van der Waals surface area contributed by atoms with Crippen LogP contribution in [0.5, 0.6) is 0 Å². The van der Waals surface area contributed by atoms with Crippen LogP contribution in [0, 0.1) is 0 Å². The fourth-order valence-electron chi connectivity index (χ4n) is 2.72. The molecule has 0 bridgehead atoms. The smallest absolute Gasteiger partial charge is 0.120 e. The van der Waals surface area contributed by atoms with Gasteiger partial charge in [-0.25, -0.2) is 0 Å². The molecule has 1 atom stereocenters. The van der Waals surface area contributed by atoms with E-state index in [0.29, 0.717) is 10.8 Å². The van der Waals surface area contributed by atoms with Crippen LogP contribution < -0.4 is 5.32 Å². The van der Waals surface area contributed by atoms with Crippen molar-refractivity contribution in [2.45, 2.75) is 49.8 Å². The Morgan fingerprint density at radius 1 is 1.47 bits per heavy atom. The summed E-state index contributed by atoms with van der Waals surface area (Å²) in [5.41, 5.74) is 0. The first-order valence-electron chi connectivity index (χ1n) is 6.61. The van der Waals surface area contributed by atoms with E-state index in [1.165, 1.54) is 25.7 Å². The third kappa shape index (κ3) is 3.08. The van der Waals surface area contributed by atoms with Crippen molar-refractivity contribution in [2.24, 2.45) is 0 Å². The van der Waals surface area contributed by atoms with Crippen molar-refractivity contribution in [3.8, 4) is 0 Å². The number of hydrogen-bond donors (Lipinski definition) is 1. The highest BCUT2D eigenvalue weighted by molar-refractivity contribution is 8.00. The first-order chi connectivity index (χ1) is 8.29. The van der Waals surface area contributed by atoms with Gasteiger partial charge in [-0.3, -0.25) is 0 Å². The van der Waals surface area contributed by atoms with Crippen LogP contribution in [0.3, 0.4) is 0 Å². The van der Waals surface area contributed by atoms with Gasteiger partial charge in [0.15, 0.2) is 0 Å². The maximum atomic E-state index is 5.50. The van der Waals surface area contributed by atoms with E-state index in [-0.39, 0.29) is 0 Å². The molecule has 1 fully saturated rings. The van der Waals surface area contributed by atoms with E-state index in [0.717, 1.165) is 18.7 Å². The van der Waals surface area contributed by atoms with Crippen LogP contribution in [0.15, 0.2) is 22.8 Å². The molecule has 1 aliphatic carbocycles. The Labute approximate surface area is 109 Å². The van der Waals surface area contributed by atoms with Gasteiger partial charge in [0, 0.05) is 11.3 Å². The lowest BCUT2D eigenvalue weighted by molar-refractivity contribution is 0.386. The number of nitrogens with one attached hydrogen (secondary N) is 1. The van der Waals surface area contributed by atoms with Crippen molar-refractivity contribution < 1.29 is 4.42 Å². The largest absolute Gasteiger partial charge is 0.468 e. The lowest BCUT2D eigenvalue weighted by Gasteiger charge is -2.29. The molecule has 0 aliphatic heterocycles. The number of rotatable bonds is 6. The Balaban J connectivity index is 1.91. The summed E-state index contributed by atoms with van der Waals surface area (Å²) in [7, 11) is 0. The van der Waals surface area contributed by atoms with Gasteiger partial charge in [0.1, 0.15) is 5.76 Å². The molecule has 0 amide bonds. The molecule has 1 heterocycles. The Morgan fingerprint density at radius 3 is 2.76 bits per heavy atom. The van der Waals surface area contributed by atoms with Gasteiger partial charge in [-0.2, -0.15) is 11.8 Å². The van der Waals surface area contributed by atoms with Crippen molar-refractivity contribution in [3.63, 3.8) is 0 Å². The lowest BCUT2D eigenvalue weighted by Crippen LogP contribution is -2.36. The highest BCUT2D eigenvalue weighted by Crippen LogP contribution is 2.40. The summed E-state index contributed by atoms with van der Waals surface area (Å²) in [6.07, 6.45) is 10.6. The van der Waals surface area contributed by atoms with E-state index >= 15 is 0 Å². The molecule has 96 valence electrons. The average Bonchev–Trinajstić information content (AvgIpc) is 3.01. The number of furan rings is 1. The summed E-state index contributed by atoms with van der Waals surface area (Å²) in [5.74, 6) is 1.07. The van der Waals surface area contributed by atoms with Gasteiger partial charge in [-0.15, -0.1) is 0 Å². The molecule has 2 nitrogen and oxygen atoms in total. The Kier molecular flexibility index (Phi) is 4.57. The molecule has 1 aliphatic rings. The Bertz CT molecular complexity index is 317. The normalized spacial score (nSPS) is 20.6. The molecular formula is C14H23NOS. The van der Waals surface area contributed by atoms with Crippen molar-refractivity contribution in [1.82, 2.24) is 5.32 Å². The topological polar surface area (TPSA) is 25.2 Å². The summed E-state index contributed by atoms with van der Waals surface area (Å²) in [4.78, 5) is 0. The fourth-order valence-corrected chi connectivity index (χ4v) is 3.64. The van der Waals surface area contributed by atoms with Gasteiger partial charge in [-0.1, -0.05) is 19.8 Å². The second-order valence-corrected chi connectivity index (χ2v) is 6.23. The van der Waals surface area contributed by atoms with Crippen LogP contribution in [-0.2, 0) is 0 Å². The van der Waals surface area contributed by atoms with E-state index in [1.807, 2.05) is 17.8 Å². The number of hydrogen-bond acceptors (Lipinski definition) is 3. The van der Waals surface area contributed by atoms with Crippen LogP contribution in [0.2, 0.25) is 0 Å². The zero-order valence-electron chi connectivity index (χ0n) is 10.9. The quantitative estimate of drug-likeness (QED) is 0.829. The maximum absolute atomic E-state index is 5.50. The van der Waals surface area contributed by atoms with Crippen molar-refractivity contribution in [1.29, 1.82) is 0 Å². The molecular weight excluding hydrogens is 230 g/mol. The molecule has 1 saturated carbocycles. The second kappa shape index (κ2) is 5.96. The van der Waals surface area contributed by atoms with Gasteiger partial charge in [0.25, 0.3) is 0 Å². The molecule has 0 spiro atoms. The molecule has 0 saturated heterocycles. The average molecular weight is 253 g/mol. The summed E-state index contributed by atoms with van der Waals surface area (Å²) in [6.45, 7) is 3.31. The van der Waals surface area contributed by atoms with Crippen molar-refractivity contribution in [3.05, 3.63) is 24.2 Å². The molecule has 1 aromatic rings. The molecule has 0 aromatic carbocycles. The molecule has 1 aromatic heterocycles. The standard InChI is InChI=1S/C14H23NOS/c1-3-12(13-7-6-10-16-13)15-11-14(17-2)8-4-5-9-14/h6-7,10,12,15H,3-5,8-9,11H2,1-2H3. The van der Waals surface area contributed by atoms with E-state index in [4.69, 9.17) is 4.42 Å². The predicted octanol–water partition coefficient (Wildman–Crippen LogP) is 4.00. The predicted molar refractivity (Wildman–Crippen MR) is 74.5 cm³/mol. The molecule has 1 N–H and O–H groups in total. The fraction of sp³-hybridized carbons (Fsp3) is 0.714. The SMILES string of the molecule is CCC(NCC1(SC)CCCC1)c1ccco1. The Hall–Kier alpha value is -0.410. The monoisotopic (exact) mass is 253 g/mol. The van der Waals surface area contributed by atoms with E-state index in [1.54, 1.807) is 6.26 Å². The van der Waals surface area contributed by atoms with E-state index in [9.17, 15) is 0 Å². The molecule has 3 heteroatoms. The van der Waals surface area contributed by atoms with Gasteiger partial charge >= 0.3 is 0 Å². The van der Waals surface area contributed by atoms with Gasteiger partial charge in [0.2, 0.25) is 0 Å². The van der Waals surface area contributed by atoms with Crippen LogP contribution in [0.25, 0.3) is 0 Å². The summed E-state index contributed by atoms with van der Waals surface area (Å²) < 4.78 is 5.97. The highest BCUT2D eigenvalue weighted by atomic mass is 32.2. The first kappa shape index (κ1) is 13.0. The number of thioether (sulfide) groups is 1. The van der Waals surface area contributed by atoms with E-state index in [2.05, 4.69) is 24.6 Å². The van der Waals surface area contributed by atoms with E-state index < -0.39 is 0 Å². The minimum Gasteiger partial charge on any atom is -0.468 e. The van der Waals surface area contributed by atoms with Crippen molar-refractivity contribution in [2.75, 3.05) is 12.8 Å². The third-order valence-corrected chi connectivity index (χ3v) is 5.33. The van der Waals surface area contributed by atoms with Crippen LogP contribution in [0.1, 0.15) is 50.8 Å². The van der Waals surface area contributed by atoms with Crippen LogP contribution in [-0.4, -0.2) is 17.5 Å². The summed E-state index contributed by atoms with van der Waals surface area (Å²) >= 11 is 2.04. The van der Waals surface area contributed by atoms with Gasteiger partial charge in [-0.05, 0) is 37.7 Å². The molecule has 2 rings (SSSR count). The molecule has 17 heavy (non-hydrogen) atoms. The first-order valence-corrected chi connectivity index (χ1v) is 7.84. The Morgan fingerprint density at radius 2 is 2.24 bits per heavy atom. The molecule has 1 unspecified atom stereocenters. The lowest BCUT2D eigenvalue weighted by atomic mass is 10.1. The van der Waals surface area contributed by atoms with Crippen LogP contribution in [0.4, 0.5) is 0 Å². The summed E-state index contributed by atoms with van der Waals surface area (Å²) in [5, 5.41) is 3.69. The van der Waals surface area contributed by atoms with Gasteiger partial charge in [0.05, 0.1) is 12.3 Å². The third-order valence-electron chi connectivity index (χ3n) is 3.91. The van der Waals surface area contributed by atoms with Crippen LogP contribution >= 0.6 is 11.8 Å². The summed E-state index contributed by atoms with van der Waals surface area (Å²) in [6, 6.07) is 4.41. The minimum atomic E-state index is 0.370. The zero-order chi connectivity index (χ0) is 12.1. The highest BCUT2D eigenvalue weighted by Gasteiger charge is 2.33. The zero-order valence-corrected chi connectivity index (χ0v) is 11.7. The van der Waals surface area contributed by atoms with Crippen molar-refractivity contribution >= 4 is 11.8 Å². The second-order valence-electron chi connectivity index (χ2n) is 4.95. The molecule has 0 radical (unpaired) electrons.